The maximum atomic E-state index is 13.0. The van der Waals surface area contributed by atoms with E-state index in [1.807, 2.05) is 32.0 Å². The Balaban J connectivity index is 1.40. The fourth-order valence-electron chi connectivity index (χ4n) is 4.97. The summed E-state index contributed by atoms with van der Waals surface area (Å²) in [5.41, 5.74) is 3.86. The Morgan fingerprint density at radius 2 is 1.62 bits per heavy atom. The van der Waals surface area contributed by atoms with Crippen LogP contribution in [0.25, 0.3) is 0 Å². The van der Waals surface area contributed by atoms with Gasteiger partial charge in [0.05, 0.1) is 17.5 Å². The number of aryl methyl sites for hydroxylation is 2. The largest absolute Gasteiger partial charge is 0.322 e. The van der Waals surface area contributed by atoms with Gasteiger partial charge in [-0.25, -0.2) is 4.90 Å². The van der Waals surface area contributed by atoms with Gasteiger partial charge in [0.2, 0.25) is 11.8 Å². The van der Waals surface area contributed by atoms with Gasteiger partial charge in [-0.15, -0.1) is 0 Å². The Bertz CT molecular complexity index is 1060. The lowest BCUT2D eigenvalue weighted by Gasteiger charge is -2.18. The van der Waals surface area contributed by atoms with Crippen LogP contribution in [0.15, 0.2) is 54.6 Å². The standard InChI is InChI=1S/C24H22N2O3/c1-13-6-9-18(10-14(13)2)25-22(27)17-4-3-5-19(12-17)26-23(28)20-15-7-8-16(11-15)21(20)24(26)29/h3-10,12,15-16,20-21H,11H2,1-2H3,(H,25,27)/t15-,16-,20+,21+/m1/s1. The van der Waals surface area contributed by atoms with E-state index >= 15 is 0 Å². The number of imide groups is 1. The Labute approximate surface area is 169 Å². The highest BCUT2D eigenvalue weighted by atomic mass is 16.2. The predicted octanol–water partition coefficient (Wildman–Crippen LogP) is 3.87. The Hall–Kier alpha value is -3.21. The maximum absolute atomic E-state index is 13.0. The number of anilines is 2. The molecule has 0 aromatic heterocycles. The normalized spacial score (nSPS) is 26.9. The van der Waals surface area contributed by atoms with Gasteiger partial charge in [-0.2, -0.15) is 0 Å². The molecular formula is C24H22N2O3. The summed E-state index contributed by atoms with van der Waals surface area (Å²) in [6, 6.07) is 12.5. The molecule has 3 aliphatic rings. The molecule has 3 amide bonds. The van der Waals surface area contributed by atoms with E-state index in [4.69, 9.17) is 0 Å². The molecule has 1 saturated carbocycles. The monoisotopic (exact) mass is 386 g/mol. The number of carbonyl (C=O) groups is 3. The fraction of sp³-hybridized carbons (Fsp3) is 0.292. The SMILES string of the molecule is Cc1ccc(NC(=O)c2cccc(N3C(=O)[C@@H]4[C@@H](C3=O)[C@@H]3C=C[C@@H]4C3)c2)cc1C. The van der Waals surface area contributed by atoms with Crippen molar-refractivity contribution in [2.24, 2.45) is 23.7 Å². The molecule has 5 nitrogen and oxygen atoms in total. The van der Waals surface area contributed by atoms with Gasteiger partial charge in [-0.3, -0.25) is 14.4 Å². The molecule has 5 rings (SSSR count). The quantitative estimate of drug-likeness (QED) is 0.643. The molecule has 0 radical (unpaired) electrons. The van der Waals surface area contributed by atoms with Crippen molar-refractivity contribution in [2.75, 3.05) is 10.2 Å². The van der Waals surface area contributed by atoms with Crippen LogP contribution in [0, 0.1) is 37.5 Å². The second-order valence-corrected chi connectivity index (χ2v) is 8.32. The molecule has 1 saturated heterocycles. The maximum Gasteiger partial charge on any atom is 0.255 e. The summed E-state index contributed by atoms with van der Waals surface area (Å²) in [5.74, 6) is -0.690. The van der Waals surface area contributed by atoms with E-state index in [1.54, 1.807) is 24.3 Å². The van der Waals surface area contributed by atoms with Crippen LogP contribution in [0.1, 0.15) is 27.9 Å². The van der Waals surface area contributed by atoms with E-state index in [-0.39, 0.29) is 41.4 Å². The molecule has 0 unspecified atom stereocenters. The molecule has 2 aromatic rings. The average Bonchev–Trinajstić information content (AvgIpc) is 3.38. The summed E-state index contributed by atoms with van der Waals surface area (Å²) >= 11 is 0. The highest BCUT2D eigenvalue weighted by molar-refractivity contribution is 6.23. The van der Waals surface area contributed by atoms with Crippen molar-refractivity contribution in [3.05, 3.63) is 71.3 Å². The second-order valence-electron chi connectivity index (χ2n) is 8.32. The molecule has 2 bridgehead atoms. The van der Waals surface area contributed by atoms with Gasteiger partial charge in [0.25, 0.3) is 5.91 Å². The number of amides is 3. The summed E-state index contributed by atoms with van der Waals surface area (Å²) in [6.45, 7) is 4.01. The van der Waals surface area contributed by atoms with Crippen LogP contribution in [0.3, 0.4) is 0 Å². The van der Waals surface area contributed by atoms with Crippen molar-refractivity contribution >= 4 is 29.1 Å². The van der Waals surface area contributed by atoms with Gasteiger partial charge in [0.1, 0.15) is 0 Å². The van der Waals surface area contributed by atoms with Crippen molar-refractivity contribution in [1.82, 2.24) is 0 Å². The van der Waals surface area contributed by atoms with Gasteiger partial charge < -0.3 is 5.32 Å². The highest BCUT2D eigenvalue weighted by Crippen LogP contribution is 2.53. The molecule has 5 heteroatoms. The topological polar surface area (TPSA) is 66.5 Å². The van der Waals surface area contributed by atoms with Crippen molar-refractivity contribution in [3.8, 4) is 0 Å². The number of carbonyl (C=O) groups excluding carboxylic acids is 3. The van der Waals surface area contributed by atoms with E-state index in [9.17, 15) is 14.4 Å². The molecule has 2 aromatic carbocycles. The van der Waals surface area contributed by atoms with Crippen LogP contribution in [-0.4, -0.2) is 17.7 Å². The first-order valence-electron chi connectivity index (χ1n) is 9.99. The van der Waals surface area contributed by atoms with Gasteiger partial charge in [0.15, 0.2) is 0 Å². The Kier molecular flexibility index (Phi) is 3.95. The first-order valence-corrected chi connectivity index (χ1v) is 9.99. The molecule has 2 fully saturated rings. The lowest BCUT2D eigenvalue weighted by atomic mass is 9.85. The molecule has 4 atom stereocenters. The zero-order chi connectivity index (χ0) is 20.3. The van der Waals surface area contributed by atoms with Crippen LogP contribution < -0.4 is 10.2 Å². The van der Waals surface area contributed by atoms with Crippen molar-refractivity contribution < 1.29 is 14.4 Å². The molecule has 2 aliphatic carbocycles. The lowest BCUT2D eigenvalue weighted by Crippen LogP contribution is -2.33. The highest BCUT2D eigenvalue weighted by Gasteiger charge is 2.59. The minimum absolute atomic E-state index is 0.136. The van der Waals surface area contributed by atoms with Gasteiger partial charge >= 0.3 is 0 Å². The summed E-state index contributed by atoms with van der Waals surface area (Å²) in [4.78, 5) is 40.0. The van der Waals surface area contributed by atoms with Crippen molar-refractivity contribution in [2.45, 2.75) is 20.3 Å². The van der Waals surface area contributed by atoms with Crippen LogP contribution >= 0.6 is 0 Å². The summed E-state index contributed by atoms with van der Waals surface area (Å²) < 4.78 is 0. The zero-order valence-electron chi connectivity index (χ0n) is 16.4. The van der Waals surface area contributed by atoms with Crippen LogP contribution in [0.2, 0.25) is 0 Å². The first-order chi connectivity index (χ1) is 13.9. The third-order valence-electron chi connectivity index (χ3n) is 6.60. The van der Waals surface area contributed by atoms with Gasteiger partial charge in [-0.05, 0) is 73.6 Å². The van der Waals surface area contributed by atoms with Gasteiger partial charge in [-0.1, -0.05) is 24.3 Å². The average molecular weight is 386 g/mol. The first kappa shape index (κ1) is 17.9. The minimum Gasteiger partial charge on any atom is -0.322 e. The summed E-state index contributed by atoms with van der Waals surface area (Å²) in [7, 11) is 0. The third kappa shape index (κ3) is 2.72. The molecule has 1 heterocycles. The number of benzene rings is 2. The summed E-state index contributed by atoms with van der Waals surface area (Å²) in [6.07, 6.45) is 5.06. The van der Waals surface area contributed by atoms with Crippen molar-refractivity contribution in [1.29, 1.82) is 0 Å². The van der Waals surface area contributed by atoms with E-state index in [1.165, 1.54) is 4.90 Å². The Morgan fingerprint density at radius 1 is 0.931 bits per heavy atom. The molecule has 29 heavy (non-hydrogen) atoms. The van der Waals surface area contributed by atoms with Crippen LogP contribution in [-0.2, 0) is 9.59 Å². The molecular weight excluding hydrogens is 364 g/mol. The summed E-state index contributed by atoms with van der Waals surface area (Å²) in [5, 5.41) is 2.89. The molecule has 0 spiro atoms. The zero-order valence-corrected chi connectivity index (χ0v) is 16.4. The fourth-order valence-corrected chi connectivity index (χ4v) is 4.97. The number of nitrogens with one attached hydrogen (secondary N) is 1. The molecule has 146 valence electrons. The predicted molar refractivity (Wildman–Crippen MR) is 111 cm³/mol. The van der Waals surface area contributed by atoms with Crippen LogP contribution in [0.5, 0.6) is 0 Å². The smallest absolute Gasteiger partial charge is 0.255 e. The van der Waals surface area contributed by atoms with Gasteiger partial charge in [0, 0.05) is 11.3 Å². The number of rotatable bonds is 3. The van der Waals surface area contributed by atoms with E-state index in [2.05, 4.69) is 17.5 Å². The van der Waals surface area contributed by atoms with Crippen molar-refractivity contribution in [3.63, 3.8) is 0 Å². The van der Waals surface area contributed by atoms with E-state index in [0.717, 1.165) is 17.5 Å². The van der Waals surface area contributed by atoms with E-state index < -0.39 is 0 Å². The number of fused-ring (bicyclic) bond motifs is 5. The third-order valence-corrected chi connectivity index (χ3v) is 6.60. The van der Waals surface area contributed by atoms with Crippen LogP contribution in [0.4, 0.5) is 11.4 Å². The minimum atomic E-state index is -0.267. The van der Waals surface area contributed by atoms with E-state index in [0.29, 0.717) is 16.9 Å². The second kappa shape index (κ2) is 6.41. The number of hydrogen-bond donors (Lipinski definition) is 1. The number of allylic oxidation sites excluding steroid dienone is 2. The molecule has 1 N–H and O–H groups in total. The Morgan fingerprint density at radius 3 is 2.28 bits per heavy atom. The number of nitrogens with zero attached hydrogens (tertiary/aromatic N) is 1. The number of hydrogen-bond acceptors (Lipinski definition) is 3. The lowest BCUT2D eigenvalue weighted by molar-refractivity contribution is -0.123. The molecule has 1 aliphatic heterocycles.